The van der Waals surface area contributed by atoms with Crippen LogP contribution < -0.4 is 5.32 Å². The predicted octanol–water partition coefficient (Wildman–Crippen LogP) is 0.0240. The summed E-state index contributed by atoms with van der Waals surface area (Å²) < 4.78 is 15.0. The van der Waals surface area contributed by atoms with Crippen LogP contribution in [-0.4, -0.2) is 50.8 Å². The summed E-state index contributed by atoms with van der Waals surface area (Å²) in [5.41, 5.74) is 0. The predicted molar refractivity (Wildman–Crippen MR) is 66.3 cm³/mol. The monoisotopic (exact) mass is 275 g/mol. The lowest BCUT2D eigenvalue weighted by molar-refractivity contribution is -0.152. The van der Waals surface area contributed by atoms with Crippen molar-refractivity contribution in [2.75, 3.05) is 26.9 Å². The molecule has 0 aromatic rings. The summed E-state index contributed by atoms with van der Waals surface area (Å²) >= 11 is 0. The van der Waals surface area contributed by atoms with Crippen LogP contribution in [0.5, 0.6) is 0 Å². The second-order valence-electron chi connectivity index (χ2n) is 3.87. The lowest BCUT2D eigenvalue weighted by Crippen LogP contribution is -2.28. The molecule has 0 atom stereocenters. The third-order valence-electron chi connectivity index (χ3n) is 2.13. The molecule has 0 aliphatic rings. The van der Waals surface area contributed by atoms with Gasteiger partial charge in [-0.05, 0) is 6.42 Å². The molecule has 0 bridgehead atoms. The number of rotatable bonds is 9. The fourth-order valence-corrected chi connectivity index (χ4v) is 1.17. The van der Waals surface area contributed by atoms with E-state index < -0.39 is 18.0 Å². The summed E-state index contributed by atoms with van der Waals surface area (Å²) in [7, 11) is 1.56. The molecule has 19 heavy (non-hydrogen) atoms. The maximum Gasteiger partial charge on any atom is 0.302 e. The molecule has 0 fully saturated rings. The van der Waals surface area contributed by atoms with E-state index in [1.807, 2.05) is 0 Å². The molecular formula is C12H21NO6. The van der Waals surface area contributed by atoms with E-state index in [4.69, 9.17) is 14.2 Å². The number of carbonyl (C=O) groups is 3. The number of carbonyl (C=O) groups excluding carboxylic acids is 3. The molecule has 7 nitrogen and oxygen atoms in total. The molecule has 0 saturated carbocycles. The van der Waals surface area contributed by atoms with Crippen LogP contribution in [0.3, 0.4) is 0 Å². The van der Waals surface area contributed by atoms with Crippen molar-refractivity contribution in [1.29, 1.82) is 0 Å². The Balaban J connectivity index is 3.92. The van der Waals surface area contributed by atoms with Crippen molar-refractivity contribution in [2.45, 2.75) is 32.8 Å². The summed E-state index contributed by atoms with van der Waals surface area (Å²) in [6.07, 6.45) is 0.373. The van der Waals surface area contributed by atoms with Crippen molar-refractivity contribution in [3.05, 3.63) is 0 Å². The highest BCUT2D eigenvalue weighted by atomic mass is 16.6. The molecule has 0 aliphatic carbocycles. The minimum atomic E-state index is -0.516. The molecule has 0 heterocycles. The highest BCUT2D eigenvalue weighted by Gasteiger charge is 2.13. The molecule has 0 radical (unpaired) electrons. The van der Waals surface area contributed by atoms with Crippen LogP contribution in [-0.2, 0) is 28.6 Å². The van der Waals surface area contributed by atoms with Crippen LogP contribution in [0.15, 0.2) is 0 Å². The number of ether oxygens (including phenoxy) is 3. The molecular weight excluding hydrogens is 254 g/mol. The summed E-state index contributed by atoms with van der Waals surface area (Å²) in [5.74, 6) is -0.927. The second-order valence-corrected chi connectivity index (χ2v) is 3.87. The minimum absolute atomic E-state index is 0.0165. The second kappa shape index (κ2) is 10.3. The van der Waals surface area contributed by atoms with E-state index in [2.05, 4.69) is 5.32 Å². The lowest BCUT2D eigenvalue weighted by Gasteiger charge is -2.17. The van der Waals surface area contributed by atoms with Gasteiger partial charge in [0, 0.05) is 33.9 Å². The maximum atomic E-state index is 11.0. The zero-order chi connectivity index (χ0) is 14.7. The number of hydrogen-bond donors (Lipinski definition) is 1. The van der Waals surface area contributed by atoms with Crippen LogP contribution in [0.4, 0.5) is 0 Å². The quantitative estimate of drug-likeness (QED) is 0.471. The Bertz CT molecular complexity index is 287. The molecule has 0 rings (SSSR count). The van der Waals surface area contributed by atoms with E-state index in [-0.39, 0.29) is 19.1 Å². The average molecular weight is 275 g/mol. The van der Waals surface area contributed by atoms with Gasteiger partial charge in [0.25, 0.3) is 0 Å². The van der Waals surface area contributed by atoms with Gasteiger partial charge in [-0.25, -0.2) is 0 Å². The summed E-state index contributed by atoms with van der Waals surface area (Å²) in [4.78, 5) is 32.4. The van der Waals surface area contributed by atoms with Crippen molar-refractivity contribution in [1.82, 2.24) is 5.32 Å². The van der Waals surface area contributed by atoms with Gasteiger partial charge in [-0.2, -0.15) is 0 Å². The topological polar surface area (TPSA) is 90.9 Å². The molecule has 0 aromatic carbocycles. The molecule has 7 heteroatoms. The van der Waals surface area contributed by atoms with Gasteiger partial charge in [-0.15, -0.1) is 0 Å². The lowest BCUT2D eigenvalue weighted by atomic mass is 10.3. The summed E-state index contributed by atoms with van der Waals surface area (Å²) in [6, 6.07) is 0. The van der Waals surface area contributed by atoms with Gasteiger partial charge in [0.15, 0.2) is 0 Å². The molecule has 1 amide bonds. The van der Waals surface area contributed by atoms with Crippen LogP contribution in [0, 0.1) is 0 Å². The Labute approximate surface area is 112 Å². The Morgan fingerprint density at radius 2 is 1.58 bits per heavy atom. The third kappa shape index (κ3) is 11.2. The van der Waals surface area contributed by atoms with Crippen LogP contribution in [0.1, 0.15) is 26.7 Å². The van der Waals surface area contributed by atoms with Crippen molar-refractivity contribution in [3.8, 4) is 0 Å². The average Bonchev–Trinajstić information content (AvgIpc) is 2.35. The fourth-order valence-electron chi connectivity index (χ4n) is 1.17. The van der Waals surface area contributed by atoms with Crippen LogP contribution in [0.25, 0.3) is 0 Å². The fraction of sp³-hybridized carbons (Fsp3) is 0.750. The zero-order valence-corrected chi connectivity index (χ0v) is 11.6. The Morgan fingerprint density at radius 3 is 2.00 bits per heavy atom. The third-order valence-corrected chi connectivity index (χ3v) is 2.13. The van der Waals surface area contributed by atoms with E-state index >= 15 is 0 Å². The first kappa shape index (κ1) is 17.4. The van der Waals surface area contributed by atoms with Crippen molar-refractivity contribution >= 4 is 17.8 Å². The summed E-state index contributed by atoms with van der Waals surface area (Å²) in [5, 5.41) is 2.50. The number of nitrogens with one attached hydrogen (secondary N) is 1. The zero-order valence-electron chi connectivity index (χ0n) is 11.6. The molecule has 0 saturated heterocycles. The highest BCUT2D eigenvalue weighted by molar-refractivity contribution is 5.75. The van der Waals surface area contributed by atoms with Gasteiger partial charge < -0.3 is 19.5 Å². The standard InChI is InChI=1S/C12H21NO6/c1-9(14)18-7-11(8-19-10(2)15)17-6-4-5-12(16)13-3/h11H,4-8H2,1-3H3,(H,13,16). The number of hydrogen-bond acceptors (Lipinski definition) is 6. The van der Waals surface area contributed by atoms with E-state index in [1.165, 1.54) is 13.8 Å². The van der Waals surface area contributed by atoms with E-state index in [0.29, 0.717) is 19.4 Å². The number of amides is 1. The summed E-state index contributed by atoms with van der Waals surface area (Å²) in [6.45, 7) is 2.93. The van der Waals surface area contributed by atoms with E-state index in [0.717, 1.165) is 0 Å². The first-order valence-electron chi connectivity index (χ1n) is 6.04. The molecule has 0 aliphatic heterocycles. The van der Waals surface area contributed by atoms with Gasteiger partial charge in [0.1, 0.15) is 19.3 Å². The van der Waals surface area contributed by atoms with Gasteiger partial charge in [0.2, 0.25) is 5.91 Å². The smallest absolute Gasteiger partial charge is 0.302 e. The Hall–Kier alpha value is -1.63. The Morgan fingerprint density at radius 1 is 1.05 bits per heavy atom. The van der Waals surface area contributed by atoms with Gasteiger partial charge in [0.05, 0.1) is 0 Å². The van der Waals surface area contributed by atoms with Gasteiger partial charge >= 0.3 is 11.9 Å². The van der Waals surface area contributed by atoms with Crippen LogP contribution in [0.2, 0.25) is 0 Å². The first-order chi connectivity index (χ1) is 8.95. The van der Waals surface area contributed by atoms with E-state index in [9.17, 15) is 14.4 Å². The molecule has 0 unspecified atom stereocenters. The maximum absolute atomic E-state index is 11.0. The molecule has 1 N–H and O–H groups in total. The van der Waals surface area contributed by atoms with Gasteiger partial charge in [-0.3, -0.25) is 14.4 Å². The molecule has 110 valence electrons. The highest BCUT2D eigenvalue weighted by Crippen LogP contribution is 1.99. The molecule has 0 aromatic heterocycles. The number of esters is 2. The molecule has 0 spiro atoms. The largest absolute Gasteiger partial charge is 0.463 e. The Kier molecular flexibility index (Phi) is 9.42. The van der Waals surface area contributed by atoms with Gasteiger partial charge in [-0.1, -0.05) is 0 Å². The minimum Gasteiger partial charge on any atom is -0.463 e. The van der Waals surface area contributed by atoms with Crippen LogP contribution >= 0.6 is 0 Å². The SMILES string of the molecule is CNC(=O)CCCOC(COC(C)=O)COC(C)=O. The van der Waals surface area contributed by atoms with Crippen molar-refractivity contribution in [3.63, 3.8) is 0 Å². The van der Waals surface area contributed by atoms with Crippen molar-refractivity contribution in [2.24, 2.45) is 0 Å². The normalized spacial score (nSPS) is 10.1. The first-order valence-corrected chi connectivity index (χ1v) is 6.04. The van der Waals surface area contributed by atoms with Crippen molar-refractivity contribution < 1.29 is 28.6 Å². The van der Waals surface area contributed by atoms with E-state index in [1.54, 1.807) is 7.05 Å².